The second-order valence-electron chi connectivity index (χ2n) is 9.07. The molecule has 0 N–H and O–H groups in total. The molecule has 2 aromatic carbocycles. The molecule has 0 saturated carbocycles. The highest BCUT2D eigenvalue weighted by Crippen LogP contribution is 2.44. The first-order chi connectivity index (χ1) is 19.0. The second-order valence-corrected chi connectivity index (χ2v) is 10.5. The van der Waals surface area contributed by atoms with E-state index in [4.69, 9.17) is 26.4 Å². The lowest BCUT2D eigenvalue weighted by Crippen LogP contribution is -2.66. The Morgan fingerprint density at radius 3 is 2.90 bits per heavy atom. The highest BCUT2D eigenvalue weighted by molar-refractivity contribution is 7.98. The fourth-order valence-corrected chi connectivity index (χ4v) is 6.57. The number of thioether (sulfide) groups is 1. The van der Waals surface area contributed by atoms with Crippen molar-refractivity contribution in [3.05, 3.63) is 87.4 Å². The maximum Gasteiger partial charge on any atom is 0.510 e. The van der Waals surface area contributed by atoms with Crippen LogP contribution < -0.4 is 9.75 Å². The van der Waals surface area contributed by atoms with Crippen molar-refractivity contribution in [2.24, 2.45) is 0 Å². The number of aromatic nitrogens is 1. The summed E-state index contributed by atoms with van der Waals surface area (Å²) >= 11 is 7.18. The number of rotatable bonds is 4. The molecule has 0 unspecified atom stereocenters. The van der Waals surface area contributed by atoms with E-state index in [2.05, 4.69) is 21.9 Å². The average Bonchev–Trinajstić information content (AvgIpc) is 3.11. The van der Waals surface area contributed by atoms with Crippen molar-refractivity contribution in [2.45, 2.75) is 22.9 Å². The zero-order chi connectivity index (χ0) is 27.1. The molecule has 1 amide bonds. The van der Waals surface area contributed by atoms with E-state index in [1.54, 1.807) is 39.7 Å². The largest absolute Gasteiger partial charge is 0.510 e. The van der Waals surface area contributed by atoms with Gasteiger partial charge in [-0.05, 0) is 41.0 Å². The van der Waals surface area contributed by atoms with Crippen molar-refractivity contribution >= 4 is 36.0 Å². The molecule has 1 fully saturated rings. The fraction of sp³-hybridized carbons (Fsp3) is 0.296. The molecule has 4 heterocycles. The van der Waals surface area contributed by atoms with Crippen molar-refractivity contribution in [1.29, 1.82) is 0 Å². The minimum absolute atomic E-state index is 0.118. The predicted octanol–water partition coefficient (Wildman–Crippen LogP) is 4.62. The predicted molar refractivity (Wildman–Crippen MR) is 142 cm³/mol. The topological polar surface area (TPSA) is 82.5 Å². The molecule has 0 radical (unpaired) electrons. The lowest BCUT2D eigenvalue weighted by Gasteiger charge is -2.51. The van der Waals surface area contributed by atoms with Gasteiger partial charge in [-0.2, -0.15) is 0 Å². The van der Waals surface area contributed by atoms with Crippen LogP contribution in [0.25, 0.3) is 0 Å². The molecule has 6 rings (SSSR count). The van der Waals surface area contributed by atoms with Gasteiger partial charge in [-0.15, -0.1) is 11.8 Å². The number of benzene rings is 2. The summed E-state index contributed by atoms with van der Waals surface area (Å²) in [5, 5.41) is 2.07. The Labute approximate surface area is 233 Å². The van der Waals surface area contributed by atoms with Crippen molar-refractivity contribution in [1.82, 2.24) is 9.58 Å². The molecule has 1 saturated heterocycles. The van der Waals surface area contributed by atoms with E-state index in [9.17, 15) is 14.0 Å². The Balaban J connectivity index is 1.56. The Hall–Kier alpha value is -3.61. The third kappa shape index (κ3) is 4.52. The Bertz CT molecular complexity index is 1520. The molecule has 12 heteroatoms. The van der Waals surface area contributed by atoms with Crippen molar-refractivity contribution in [2.75, 3.05) is 38.7 Å². The van der Waals surface area contributed by atoms with Crippen LogP contribution >= 0.6 is 24.0 Å². The van der Waals surface area contributed by atoms with E-state index in [1.165, 1.54) is 13.2 Å². The summed E-state index contributed by atoms with van der Waals surface area (Å²) in [4.78, 5) is 28.2. The third-order valence-electron chi connectivity index (χ3n) is 6.96. The lowest BCUT2D eigenvalue weighted by atomic mass is 9.93. The Morgan fingerprint density at radius 1 is 1.21 bits per heavy atom. The molecule has 1 aromatic heterocycles. The van der Waals surface area contributed by atoms with E-state index < -0.39 is 25.2 Å². The maximum atomic E-state index is 14.4. The van der Waals surface area contributed by atoms with Crippen LogP contribution in [0.1, 0.15) is 33.2 Å². The molecule has 0 bridgehead atoms. The molecule has 3 aliphatic rings. The number of amides is 1. The monoisotopic (exact) mass is 569 g/mol. The van der Waals surface area contributed by atoms with Gasteiger partial charge in [0.2, 0.25) is 6.79 Å². The zero-order valence-electron chi connectivity index (χ0n) is 20.9. The van der Waals surface area contributed by atoms with Gasteiger partial charge in [0.15, 0.2) is 11.4 Å². The third-order valence-corrected chi connectivity index (χ3v) is 8.42. The summed E-state index contributed by atoms with van der Waals surface area (Å²) in [5.74, 6) is 0.127. The van der Waals surface area contributed by atoms with E-state index >= 15 is 0 Å². The van der Waals surface area contributed by atoms with Crippen LogP contribution in [0.3, 0.4) is 0 Å². The van der Waals surface area contributed by atoms with Crippen molar-refractivity contribution in [3.8, 4) is 5.75 Å². The summed E-state index contributed by atoms with van der Waals surface area (Å²) in [6.07, 6.45) is 0.355. The number of carbonyl (C=O) groups is 2. The van der Waals surface area contributed by atoms with Gasteiger partial charge in [0.05, 0.1) is 30.9 Å². The second kappa shape index (κ2) is 10.5. The van der Waals surface area contributed by atoms with Crippen LogP contribution in [0.2, 0.25) is 0 Å². The summed E-state index contributed by atoms with van der Waals surface area (Å²) in [5.41, 5.74) is 3.01. The average molecular weight is 570 g/mol. The molecule has 202 valence electrons. The molecule has 9 nitrogen and oxygen atoms in total. The van der Waals surface area contributed by atoms with Crippen molar-refractivity contribution < 1.29 is 32.9 Å². The number of ether oxygens (including phenoxy) is 4. The molecule has 3 aromatic rings. The van der Waals surface area contributed by atoms with E-state index in [0.717, 1.165) is 21.6 Å². The van der Waals surface area contributed by atoms with Gasteiger partial charge in [-0.1, -0.05) is 36.5 Å². The molecule has 0 aliphatic carbocycles. The van der Waals surface area contributed by atoms with E-state index in [0.29, 0.717) is 18.9 Å². The van der Waals surface area contributed by atoms with Crippen LogP contribution in [0.4, 0.5) is 9.18 Å². The molecule has 3 aliphatic heterocycles. The SMILES string of the molecule is COC(=O)OCOc1c2n(ccc1=S)N([C@H]1c3ccc(F)cc3CSc3ccccc31)[C@@H]1COCCN1C2=O. The van der Waals surface area contributed by atoms with Gasteiger partial charge in [-0.25, -0.2) is 9.18 Å². The van der Waals surface area contributed by atoms with Crippen LogP contribution in [-0.4, -0.2) is 61.5 Å². The number of hydrogen-bond acceptors (Lipinski definition) is 9. The van der Waals surface area contributed by atoms with Crippen LogP contribution in [0.15, 0.2) is 59.6 Å². The number of hydrogen-bond donors (Lipinski definition) is 0. The van der Waals surface area contributed by atoms with Gasteiger partial charge in [0.1, 0.15) is 12.0 Å². The number of nitrogens with zero attached hydrogens (tertiary/aromatic N) is 3. The number of pyridine rings is 1. The smallest absolute Gasteiger partial charge is 0.453 e. The van der Waals surface area contributed by atoms with E-state index in [1.807, 2.05) is 18.2 Å². The molecular weight excluding hydrogens is 545 g/mol. The number of fused-ring (bicyclic) bond motifs is 4. The number of halogens is 1. The van der Waals surface area contributed by atoms with E-state index in [-0.39, 0.29) is 34.3 Å². The zero-order valence-corrected chi connectivity index (χ0v) is 22.5. The number of morpholine rings is 1. The van der Waals surface area contributed by atoms with Gasteiger partial charge in [0.25, 0.3) is 5.91 Å². The van der Waals surface area contributed by atoms with Gasteiger partial charge < -0.3 is 23.8 Å². The van der Waals surface area contributed by atoms with Crippen LogP contribution in [0, 0.1) is 10.3 Å². The van der Waals surface area contributed by atoms with Crippen molar-refractivity contribution in [3.63, 3.8) is 0 Å². The minimum Gasteiger partial charge on any atom is -0.453 e. The lowest BCUT2D eigenvalue weighted by molar-refractivity contribution is -0.0208. The molecular formula is C27H24FN3O6S2. The number of carbonyl (C=O) groups excluding carboxylic acids is 2. The summed E-state index contributed by atoms with van der Waals surface area (Å²) < 4.78 is 37.5. The maximum absolute atomic E-state index is 14.4. The Morgan fingerprint density at radius 2 is 2.05 bits per heavy atom. The molecule has 39 heavy (non-hydrogen) atoms. The summed E-state index contributed by atoms with van der Waals surface area (Å²) in [6.45, 7) is 0.527. The van der Waals surface area contributed by atoms with Crippen LogP contribution in [-0.2, 0) is 20.0 Å². The Kier molecular flexibility index (Phi) is 6.92. The molecule has 2 atom stereocenters. The first kappa shape index (κ1) is 25.7. The van der Waals surface area contributed by atoms with Gasteiger partial charge in [0, 0.05) is 23.4 Å². The quantitative estimate of drug-likeness (QED) is 0.254. The van der Waals surface area contributed by atoms with Gasteiger partial charge >= 0.3 is 6.16 Å². The number of methoxy groups -OCH3 is 1. The summed E-state index contributed by atoms with van der Waals surface area (Å²) in [7, 11) is 1.19. The highest BCUT2D eigenvalue weighted by Gasteiger charge is 2.45. The fourth-order valence-electron chi connectivity index (χ4n) is 5.27. The standard InChI is InChI=1S/C27H24FN3O6S2/c1-34-27(33)37-15-36-25-20(38)8-9-30-24(25)26(32)29-10-11-35-13-22(29)31(30)23-18-7-6-17(28)12-16(18)14-39-21-5-3-2-4-19(21)23/h2-9,12,22-23H,10-11,13-15H2,1H3/t22-,23+/m1/s1. The summed E-state index contributed by atoms with van der Waals surface area (Å²) in [6, 6.07) is 14.2. The normalized spacial score (nSPS) is 19.7. The van der Waals surface area contributed by atoms with Gasteiger partial charge in [-0.3, -0.25) is 14.5 Å². The first-order valence-electron chi connectivity index (χ1n) is 12.2. The molecule has 0 spiro atoms. The minimum atomic E-state index is -0.920. The first-order valence-corrected chi connectivity index (χ1v) is 13.6. The highest BCUT2D eigenvalue weighted by atomic mass is 32.2. The van der Waals surface area contributed by atoms with Crippen LogP contribution in [0.5, 0.6) is 5.75 Å².